The number of likely N-dealkylation sites (tertiary alicyclic amines) is 1. The lowest BCUT2D eigenvalue weighted by Gasteiger charge is -2.32. The smallest absolute Gasteiger partial charge is 0.399 e. The van der Waals surface area contributed by atoms with Crippen molar-refractivity contribution in [3.05, 3.63) is 35.8 Å². The molecule has 2 aromatic rings. The van der Waals surface area contributed by atoms with E-state index in [0.717, 1.165) is 0 Å². The monoisotopic (exact) mass is 402 g/mol. The number of nitrogens with zero attached hydrogens (tertiary/aromatic N) is 2. The molecule has 1 unspecified atom stereocenters. The van der Waals surface area contributed by atoms with Crippen molar-refractivity contribution >= 4 is 18.5 Å². The Morgan fingerprint density at radius 2 is 1.86 bits per heavy atom. The molecule has 0 saturated carbocycles. The molecule has 3 heterocycles. The highest BCUT2D eigenvalue weighted by Gasteiger charge is 2.53. The molecule has 2 saturated heterocycles. The van der Waals surface area contributed by atoms with E-state index in [0.29, 0.717) is 6.54 Å². The van der Waals surface area contributed by atoms with E-state index in [1.807, 2.05) is 27.7 Å². The number of amides is 1. The number of aromatic nitrogens is 1. The Labute approximate surface area is 168 Å². The maximum atomic E-state index is 15.4. The second-order valence-electron chi connectivity index (χ2n) is 8.71. The Morgan fingerprint density at radius 3 is 2.45 bits per heavy atom. The van der Waals surface area contributed by atoms with Gasteiger partial charge in [0.25, 0.3) is 5.91 Å². The fraction of sp³-hybridized carbons (Fsp3) is 0.500. The third-order valence-corrected chi connectivity index (χ3v) is 6.24. The molecule has 29 heavy (non-hydrogen) atoms. The molecular formula is C20H24BFN2O5. The average molecular weight is 402 g/mol. The third kappa shape index (κ3) is 2.99. The molecule has 1 amide bonds. The normalized spacial score (nSPS) is 25.8. The van der Waals surface area contributed by atoms with E-state index in [4.69, 9.17) is 13.8 Å². The molecule has 9 heteroatoms. The van der Waals surface area contributed by atoms with Gasteiger partial charge in [-0.15, -0.1) is 0 Å². The van der Waals surface area contributed by atoms with E-state index in [1.165, 1.54) is 11.0 Å². The molecule has 0 aliphatic carbocycles. The van der Waals surface area contributed by atoms with Crippen LogP contribution in [0.3, 0.4) is 0 Å². The van der Waals surface area contributed by atoms with Crippen LogP contribution in [0.2, 0.25) is 0 Å². The van der Waals surface area contributed by atoms with Gasteiger partial charge < -0.3 is 23.8 Å². The summed E-state index contributed by atoms with van der Waals surface area (Å²) in [5.74, 6) is -1.01. The third-order valence-electron chi connectivity index (χ3n) is 6.24. The van der Waals surface area contributed by atoms with Crippen molar-refractivity contribution in [2.45, 2.75) is 50.9 Å². The number of rotatable bonds is 3. The highest BCUT2D eigenvalue weighted by Crippen LogP contribution is 2.38. The van der Waals surface area contributed by atoms with Crippen LogP contribution >= 0.6 is 0 Å². The van der Waals surface area contributed by atoms with Crippen LogP contribution in [-0.2, 0) is 19.7 Å². The molecule has 4 rings (SSSR count). The Hall–Kier alpha value is -2.23. The molecule has 154 valence electrons. The van der Waals surface area contributed by atoms with Gasteiger partial charge in [0.2, 0.25) is 5.60 Å². The van der Waals surface area contributed by atoms with E-state index >= 15 is 4.39 Å². The summed E-state index contributed by atoms with van der Waals surface area (Å²) >= 11 is 0. The molecule has 0 bridgehead atoms. The van der Waals surface area contributed by atoms with Gasteiger partial charge >= 0.3 is 7.12 Å². The van der Waals surface area contributed by atoms with Gasteiger partial charge in [0.05, 0.1) is 11.2 Å². The molecular weight excluding hydrogens is 378 g/mol. The number of likely N-dealkylation sites (N-methyl/N-ethyl adjacent to an activating group) is 1. The summed E-state index contributed by atoms with van der Waals surface area (Å²) < 4.78 is 32.5. The molecule has 2 aliphatic rings. The van der Waals surface area contributed by atoms with Crippen LogP contribution in [0.15, 0.2) is 28.8 Å². The zero-order valence-corrected chi connectivity index (χ0v) is 17.2. The van der Waals surface area contributed by atoms with Gasteiger partial charge in [0, 0.05) is 37.1 Å². The van der Waals surface area contributed by atoms with Gasteiger partial charge in [0.15, 0.2) is 5.76 Å². The quantitative estimate of drug-likeness (QED) is 0.789. The molecule has 1 aromatic heterocycles. The summed E-state index contributed by atoms with van der Waals surface area (Å²) in [5, 5.41) is 14.6. The summed E-state index contributed by atoms with van der Waals surface area (Å²) in [5.41, 5.74) is -2.36. The molecule has 1 N–H and O–H groups in total. The van der Waals surface area contributed by atoms with E-state index in [2.05, 4.69) is 5.16 Å². The maximum absolute atomic E-state index is 15.4. The number of hydrogen-bond donors (Lipinski definition) is 1. The van der Waals surface area contributed by atoms with E-state index in [-0.39, 0.29) is 28.9 Å². The van der Waals surface area contributed by atoms with Crippen LogP contribution in [-0.4, -0.2) is 53.0 Å². The van der Waals surface area contributed by atoms with Crippen LogP contribution in [0, 0.1) is 5.82 Å². The van der Waals surface area contributed by atoms with Crippen molar-refractivity contribution in [1.82, 2.24) is 10.1 Å². The van der Waals surface area contributed by atoms with Crippen molar-refractivity contribution in [2.24, 2.45) is 0 Å². The largest absolute Gasteiger partial charge is 0.497 e. The van der Waals surface area contributed by atoms with Crippen LogP contribution in [0.5, 0.6) is 0 Å². The number of halogens is 1. The van der Waals surface area contributed by atoms with Gasteiger partial charge in [-0.3, -0.25) is 4.79 Å². The fourth-order valence-corrected chi connectivity index (χ4v) is 3.58. The van der Waals surface area contributed by atoms with Crippen LogP contribution in [0.4, 0.5) is 4.39 Å². The predicted octanol–water partition coefficient (Wildman–Crippen LogP) is 1.83. The lowest BCUT2D eigenvalue weighted by molar-refractivity contribution is -0.144. The van der Waals surface area contributed by atoms with E-state index < -0.39 is 35.6 Å². The highest BCUT2D eigenvalue weighted by molar-refractivity contribution is 6.62. The van der Waals surface area contributed by atoms with Crippen molar-refractivity contribution in [2.75, 3.05) is 13.6 Å². The Balaban J connectivity index is 1.68. The first-order valence-corrected chi connectivity index (χ1v) is 9.56. The molecule has 1 aromatic carbocycles. The zero-order valence-electron chi connectivity index (χ0n) is 17.2. The summed E-state index contributed by atoms with van der Waals surface area (Å²) in [6, 6.07) is 6.24. The number of hydrogen-bond acceptors (Lipinski definition) is 6. The second-order valence-corrected chi connectivity index (χ2v) is 8.71. The van der Waals surface area contributed by atoms with Crippen LogP contribution in [0.1, 0.15) is 39.9 Å². The van der Waals surface area contributed by atoms with Gasteiger partial charge in [-0.1, -0.05) is 17.3 Å². The minimum Gasteiger partial charge on any atom is -0.399 e. The standard InChI is InChI=1S/C20H24BFN2O5/c1-18(2)19(3,4)29-21(28-18)13-8-6-7-12(16(13)22)14-11-15(27-23-14)20(26)9-10-24(5)17(20)25/h6-8,11,26H,9-10H2,1-5H3. The number of carbonyl (C=O) groups excluding carboxylic acids is 1. The van der Waals surface area contributed by atoms with Gasteiger partial charge in [-0.05, 0) is 33.8 Å². The Morgan fingerprint density at radius 1 is 1.21 bits per heavy atom. The van der Waals surface area contributed by atoms with E-state index in [1.54, 1.807) is 25.2 Å². The molecule has 0 radical (unpaired) electrons. The minimum absolute atomic E-state index is 0.00212. The lowest BCUT2D eigenvalue weighted by atomic mass is 9.77. The Bertz CT molecular complexity index is 960. The SMILES string of the molecule is CN1CCC(O)(c2cc(-c3cccc(B4OC(C)(C)C(C)(C)O4)c3F)no2)C1=O. The Kier molecular flexibility index (Phi) is 4.42. The van der Waals surface area contributed by atoms with Crippen molar-refractivity contribution < 1.29 is 28.1 Å². The predicted molar refractivity (Wildman–Crippen MR) is 104 cm³/mol. The first-order valence-electron chi connectivity index (χ1n) is 9.56. The van der Waals surface area contributed by atoms with Crippen LogP contribution in [0.25, 0.3) is 11.3 Å². The van der Waals surface area contributed by atoms with Gasteiger partial charge in [-0.25, -0.2) is 4.39 Å². The van der Waals surface area contributed by atoms with Crippen molar-refractivity contribution in [3.63, 3.8) is 0 Å². The fourth-order valence-electron chi connectivity index (χ4n) is 3.58. The molecule has 2 aliphatic heterocycles. The van der Waals surface area contributed by atoms with Gasteiger partial charge in [-0.2, -0.15) is 0 Å². The average Bonchev–Trinajstić information content (AvgIpc) is 3.28. The summed E-state index contributed by atoms with van der Waals surface area (Å²) in [4.78, 5) is 13.7. The number of aliphatic hydroxyl groups is 1. The summed E-state index contributed by atoms with van der Waals surface area (Å²) in [6.07, 6.45) is 0.188. The molecule has 7 nitrogen and oxygen atoms in total. The van der Waals surface area contributed by atoms with Crippen molar-refractivity contribution in [3.8, 4) is 11.3 Å². The zero-order chi connectivity index (χ0) is 21.2. The topological polar surface area (TPSA) is 85.0 Å². The van der Waals surface area contributed by atoms with E-state index in [9.17, 15) is 9.90 Å². The maximum Gasteiger partial charge on any atom is 0.497 e. The van der Waals surface area contributed by atoms with Crippen LogP contribution < -0.4 is 5.46 Å². The summed E-state index contributed by atoms with van der Waals surface area (Å²) in [7, 11) is 0.742. The molecule has 1 atom stereocenters. The number of carbonyl (C=O) groups is 1. The highest BCUT2D eigenvalue weighted by atomic mass is 19.1. The molecule has 2 fully saturated rings. The van der Waals surface area contributed by atoms with Gasteiger partial charge in [0.1, 0.15) is 11.5 Å². The first kappa shape index (κ1) is 20.1. The molecule has 0 spiro atoms. The van der Waals surface area contributed by atoms with Crippen molar-refractivity contribution in [1.29, 1.82) is 0 Å². The second kappa shape index (κ2) is 6.39. The summed E-state index contributed by atoms with van der Waals surface area (Å²) in [6.45, 7) is 7.99. The lowest BCUT2D eigenvalue weighted by Crippen LogP contribution is -2.41. The minimum atomic E-state index is -1.78. The number of benzene rings is 1. The first-order chi connectivity index (χ1) is 13.5.